The van der Waals surface area contributed by atoms with Crippen LogP contribution in [0.1, 0.15) is 18.4 Å². The molecule has 1 aromatic carbocycles. The monoisotopic (exact) mass is 265 g/mol. The van der Waals surface area contributed by atoms with Crippen LogP contribution in [-0.2, 0) is 10.0 Å². The first kappa shape index (κ1) is 11.7. The van der Waals surface area contributed by atoms with Gasteiger partial charge in [0.25, 0.3) is 10.0 Å². The second kappa shape index (κ2) is 4.37. The van der Waals surface area contributed by atoms with Gasteiger partial charge in [0.05, 0.1) is 11.4 Å². The molecular weight excluding hydrogens is 250 g/mol. The molecule has 0 aromatic heterocycles. The van der Waals surface area contributed by atoms with Gasteiger partial charge in [-0.15, -0.1) is 0 Å². The summed E-state index contributed by atoms with van der Waals surface area (Å²) in [5.41, 5.74) is 0.676. The molecule has 1 saturated heterocycles. The topological polar surface area (TPSA) is 70.6 Å². The fourth-order valence-corrected chi connectivity index (χ4v) is 3.62. The molecule has 0 bridgehead atoms. The van der Waals surface area contributed by atoms with Crippen molar-refractivity contribution in [3.05, 3.63) is 29.8 Å². The van der Waals surface area contributed by atoms with Crippen LogP contribution in [0, 0.1) is 0 Å². The lowest BCUT2D eigenvalue weighted by Gasteiger charge is -2.06. The molecule has 0 spiro atoms. The number of nitrogens with zero attached hydrogens (tertiary/aromatic N) is 1. The molecular formula is C12H15N3O2S. The van der Waals surface area contributed by atoms with Crippen molar-refractivity contribution in [2.45, 2.75) is 23.8 Å². The molecule has 1 aromatic rings. The smallest absolute Gasteiger partial charge is 0.263 e. The largest absolute Gasteiger partial charge is 0.312 e. The van der Waals surface area contributed by atoms with Crippen LogP contribution < -0.4 is 10.0 Å². The quantitative estimate of drug-likeness (QED) is 0.817. The fraction of sp³-hybridized carbons (Fsp3) is 0.417. The summed E-state index contributed by atoms with van der Waals surface area (Å²) in [6.07, 6.45) is 2.27. The third-order valence-electron chi connectivity index (χ3n) is 3.29. The van der Waals surface area contributed by atoms with E-state index < -0.39 is 10.0 Å². The Kier molecular flexibility index (Phi) is 2.83. The number of rotatable bonds is 2. The Morgan fingerprint density at radius 3 is 2.94 bits per heavy atom. The minimum atomic E-state index is -3.40. The third kappa shape index (κ3) is 2.02. The van der Waals surface area contributed by atoms with Gasteiger partial charge >= 0.3 is 0 Å². The minimum Gasteiger partial charge on any atom is -0.312 e. The predicted octanol–water partition coefficient (Wildman–Crippen LogP) is 0.477. The zero-order valence-corrected chi connectivity index (χ0v) is 10.7. The number of hydrogen-bond donors (Lipinski definition) is 2. The van der Waals surface area contributed by atoms with Gasteiger partial charge in [0.15, 0.2) is 0 Å². The Hall–Kier alpha value is -1.40. The number of hydrogen-bond acceptors (Lipinski definition) is 4. The van der Waals surface area contributed by atoms with Gasteiger partial charge in [0.1, 0.15) is 5.84 Å². The van der Waals surface area contributed by atoms with Gasteiger partial charge in [-0.2, -0.15) is 0 Å². The SMILES string of the molecule is O=S1(=O)NC(=NCC2CCCN2)c2ccccc21. The van der Waals surface area contributed by atoms with Crippen LogP contribution in [0.5, 0.6) is 0 Å². The van der Waals surface area contributed by atoms with Gasteiger partial charge in [0.2, 0.25) is 0 Å². The average molecular weight is 265 g/mol. The molecule has 0 amide bonds. The maximum Gasteiger partial charge on any atom is 0.263 e. The molecule has 1 atom stereocenters. The highest BCUT2D eigenvalue weighted by Crippen LogP contribution is 2.22. The Bertz CT molecular complexity index is 589. The van der Waals surface area contributed by atoms with Crippen LogP contribution in [0.15, 0.2) is 34.2 Å². The predicted molar refractivity (Wildman–Crippen MR) is 69.2 cm³/mol. The van der Waals surface area contributed by atoms with Crippen molar-refractivity contribution in [3.8, 4) is 0 Å². The Morgan fingerprint density at radius 2 is 2.17 bits per heavy atom. The number of amidine groups is 1. The molecule has 1 fully saturated rings. The average Bonchev–Trinajstić information content (AvgIpc) is 2.95. The van der Waals surface area contributed by atoms with Crippen LogP contribution in [-0.4, -0.2) is 33.4 Å². The summed E-state index contributed by atoms with van der Waals surface area (Å²) in [4.78, 5) is 4.73. The van der Waals surface area contributed by atoms with Gasteiger partial charge in [-0.3, -0.25) is 9.71 Å². The number of nitrogens with one attached hydrogen (secondary N) is 2. The standard InChI is InChI=1S/C12H15N3O2S/c16-18(17)11-6-2-1-5-10(11)12(15-18)14-8-9-4-3-7-13-9/h1-2,5-6,9,13H,3-4,7-8H2,(H,14,15). The Morgan fingerprint density at radius 1 is 1.33 bits per heavy atom. The van der Waals surface area contributed by atoms with Crippen LogP contribution in [0.4, 0.5) is 0 Å². The molecule has 2 aliphatic rings. The highest BCUT2D eigenvalue weighted by Gasteiger charge is 2.30. The molecule has 5 nitrogen and oxygen atoms in total. The summed E-state index contributed by atoms with van der Waals surface area (Å²) < 4.78 is 26.2. The summed E-state index contributed by atoms with van der Waals surface area (Å²) in [5.74, 6) is 0.472. The van der Waals surface area contributed by atoms with Gasteiger partial charge in [-0.25, -0.2) is 8.42 Å². The number of sulfonamides is 1. The van der Waals surface area contributed by atoms with Crippen LogP contribution >= 0.6 is 0 Å². The van der Waals surface area contributed by atoms with E-state index in [1.807, 2.05) is 6.07 Å². The lowest BCUT2D eigenvalue weighted by molar-refractivity contribution is 0.594. The highest BCUT2D eigenvalue weighted by molar-refractivity contribution is 7.90. The van der Waals surface area contributed by atoms with Crippen molar-refractivity contribution in [2.24, 2.45) is 4.99 Å². The van der Waals surface area contributed by atoms with E-state index >= 15 is 0 Å². The molecule has 2 aliphatic heterocycles. The summed E-state index contributed by atoms with van der Waals surface area (Å²) in [6.45, 7) is 1.64. The first-order valence-corrected chi connectivity index (χ1v) is 7.55. The van der Waals surface area contributed by atoms with Crippen LogP contribution in [0.25, 0.3) is 0 Å². The lowest BCUT2D eigenvalue weighted by Crippen LogP contribution is -2.27. The third-order valence-corrected chi connectivity index (χ3v) is 4.69. The van der Waals surface area contributed by atoms with E-state index in [2.05, 4.69) is 15.0 Å². The maximum atomic E-state index is 11.9. The minimum absolute atomic E-state index is 0.322. The van der Waals surface area contributed by atoms with Crippen LogP contribution in [0.2, 0.25) is 0 Å². The van der Waals surface area contributed by atoms with E-state index in [0.29, 0.717) is 28.9 Å². The zero-order valence-electron chi connectivity index (χ0n) is 9.89. The highest BCUT2D eigenvalue weighted by atomic mass is 32.2. The zero-order chi connectivity index (χ0) is 12.6. The van der Waals surface area contributed by atoms with Crippen molar-refractivity contribution in [2.75, 3.05) is 13.1 Å². The molecule has 1 unspecified atom stereocenters. The maximum absolute atomic E-state index is 11.9. The molecule has 18 heavy (non-hydrogen) atoms. The van der Waals surface area contributed by atoms with E-state index in [1.54, 1.807) is 18.2 Å². The first-order chi connectivity index (χ1) is 8.67. The molecule has 0 radical (unpaired) electrons. The van der Waals surface area contributed by atoms with Gasteiger partial charge in [-0.1, -0.05) is 12.1 Å². The summed E-state index contributed by atoms with van der Waals surface area (Å²) in [5, 5.41) is 3.34. The normalized spacial score (nSPS) is 27.1. The van der Waals surface area contributed by atoms with E-state index in [-0.39, 0.29) is 0 Å². The van der Waals surface area contributed by atoms with E-state index in [4.69, 9.17) is 0 Å². The van der Waals surface area contributed by atoms with Crippen molar-refractivity contribution in [1.82, 2.24) is 10.0 Å². The number of fused-ring (bicyclic) bond motifs is 1. The van der Waals surface area contributed by atoms with Crippen molar-refractivity contribution in [3.63, 3.8) is 0 Å². The molecule has 96 valence electrons. The second-order valence-electron chi connectivity index (χ2n) is 4.58. The molecule has 3 rings (SSSR count). The summed E-state index contributed by atoms with van der Waals surface area (Å²) in [7, 11) is -3.40. The summed E-state index contributed by atoms with van der Waals surface area (Å²) in [6, 6.07) is 7.31. The molecule has 2 N–H and O–H groups in total. The molecule has 6 heteroatoms. The molecule has 0 saturated carbocycles. The lowest BCUT2D eigenvalue weighted by atomic mass is 10.2. The fourth-order valence-electron chi connectivity index (χ4n) is 2.37. The van der Waals surface area contributed by atoms with Gasteiger partial charge < -0.3 is 5.32 Å². The van der Waals surface area contributed by atoms with Crippen LogP contribution in [0.3, 0.4) is 0 Å². The van der Waals surface area contributed by atoms with Gasteiger partial charge in [-0.05, 0) is 31.5 Å². The van der Waals surface area contributed by atoms with E-state index in [9.17, 15) is 8.42 Å². The Balaban J connectivity index is 1.88. The van der Waals surface area contributed by atoms with Crippen molar-refractivity contribution < 1.29 is 8.42 Å². The molecule has 0 aliphatic carbocycles. The second-order valence-corrected chi connectivity index (χ2v) is 6.24. The van der Waals surface area contributed by atoms with Crippen molar-refractivity contribution in [1.29, 1.82) is 0 Å². The Labute approximate surface area is 106 Å². The van der Waals surface area contributed by atoms with E-state index in [0.717, 1.165) is 19.4 Å². The van der Waals surface area contributed by atoms with Crippen molar-refractivity contribution >= 4 is 15.9 Å². The molecule has 2 heterocycles. The first-order valence-electron chi connectivity index (χ1n) is 6.07. The summed E-state index contributed by atoms with van der Waals surface area (Å²) >= 11 is 0. The number of aliphatic imine (C=N–C) groups is 1. The van der Waals surface area contributed by atoms with Gasteiger partial charge in [0, 0.05) is 11.6 Å². The number of benzene rings is 1. The van der Waals surface area contributed by atoms with E-state index in [1.165, 1.54) is 0 Å².